The van der Waals surface area contributed by atoms with Crippen molar-refractivity contribution in [3.05, 3.63) is 34.6 Å². The highest BCUT2D eigenvalue weighted by Gasteiger charge is 2.26. The molecule has 0 amide bonds. The molecular weight excluding hydrogens is 281 g/mol. The second-order valence-corrected chi connectivity index (χ2v) is 5.73. The maximum absolute atomic E-state index is 13.9. The first-order valence-corrected chi connectivity index (χ1v) is 7.39. The third-order valence-corrected chi connectivity index (χ3v) is 4.01. The normalized spacial score (nSPS) is 18.5. The summed E-state index contributed by atoms with van der Waals surface area (Å²) in [6.07, 6.45) is 6.41. The summed E-state index contributed by atoms with van der Waals surface area (Å²) in [5.74, 6) is -1.61. The van der Waals surface area contributed by atoms with Crippen molar-refractivity contribution in [2.24, 2.45) is 0 Å². The van der Waals surface area contributed by atoms with Crippen LogP contribution in [0.5, 0.6) is 0 Å². The summed E-state index contributed by atoms with van der Waals surface area (Å²) >= 11 is 5.85. The molecule has 110 valence electrons. The maximum Gasteiger partial charge on any atom is 0.325 e. The molecule has 1 aromatic rings. The van der Waals surface area contributed by atoms with Gasteiger partial charge < -0.3 is 5.11 Å². The Morgan fingerprint density at radius 3 is 2.55 bits per heavy atom. The SMILES string of the molecule is O=C(O)C(NC1CCCCCC1)c1cc(Cl)ccc1F. The van der Waals surface area contributed by atoms with Gasteiger partial charge in [-0.2, -0.15) is 0 Å². The van der Waals surface area contributed by atoms with Crippen molar-refractivity contribution < 1.29 is 14.3 Å². The van der Waals surface area contributed by atoms with Crippen molar-refractivity contribution in [1.29, 1.82) is 0 Å². The third kappa shape index (κ3) is 3.93. The number of carbonyl (C=O) groups is 1. The Morgan fingerprint density at radius 1 is 1.30 bits per heavy atom. The van der Waals surface area contributed by atoms with E-state index in [0.717, 1.165) is 25.7 Å². The quantitative estimate of drug-likeness (QED) is 0.829. The molecule has 20 heavy (non-hydrogen) atoms. The molecule has 0 bridgehead atoms. The highest BCUT2D eigenvalue weighted by Crippen LogP contribution is 2.25. The molecule has 3 nitrogen and oxygen atoms in total. The number of hydrogen-bond acceptors (Lipinski definition) is 2. The van der Waals surface area contributed by atoms with Gasteiger partial charge in [-0.25, -0.2) is 4.39 Å². The average Bonchev–Trinajstić information content (AvgIpc) is 2.67. The highest BCUT2D eigenvalue weighted by molar-refractivity contribution is 6.30. The van der Waals surface area contributed by atoms with E-state index in [2.05, 4.69) is 5.32 Å². The molecule has 5 heteroatoms. The van der Waals surface area contributed by atoms with Crippen molar-refractivity contribution in [1.82, 2.24) is 5.32 Å². The second-order valence-electron chi connectivity index (χ2n) is 5.29. The molecule has 2 rings (SSSR count). The zero-order chi connectivity index (χ0) is 14.5. The van der Waals surface area contributed by atoms with Gasteiger partial charge in [-0.15, -0.1) is 0 Å². The van der Waals surface area contributed by atoms with E-state index in [-0.39, 0.29) is 11.6 Å². The van der Waals surface area contributed by atoms with E-state index in [1.807, 2.05) is 0 Å². The number of rotatable bonds is 4. The van der Waals surface area contributed by atoms with Gasteiger partial charge in [-0.1, -0.05) is 37.3 Å². The zero-order valence-corrected chi connectivity index (χ0v) is 12.0. The van der Waals surface area contributed by atoms with Crippen LogP contribution in [-0.2, 0) is 4.79 Å². The summed E-state index contributed by atoms with van der Waals surface area (Å²) < 4.78 is 13.9. The van der Waals surface area contributed by atoms with E-state index in [1.54, 1.807) is 0 Å². The molecule has 1 aliphatic carbocycles. The van der Waals surface area contributed by atoms with Gasteiger partial charge in [-0.3, -0.25) is 10.1 Å². The number of aliphatic carboxylic acids is 1. The Labute approximate surface area is 123 Å². The molecule has 1 aromatic carbocycles. The van der Waals surface area contributed by atoms with Crippen LogP contribution in [0.4, 0.5) is 4.39 Å². The first kappa shape index (κ1) is 15.3. The number of nitrogens with one attached hydrogen (secondary N) is 1. The van der Waals surface area contributed by atoms with Gasteiger partial charge in [0.05, 0.1) is 0 Å². The van der Waals surface area contributed by atoms with Gasteiger partial charge in [0.2, 0.25) is 0 Å². The summed E-state index contributed by atoms with van der Waals surface area (Å²) in [7, 11) is 0. The first-order chi connectivity index (χ1) is 9.58. The molecule has 0 radical (unpaired) electrons. The zero-order valence-electron chi connectivity index (χ0n) is 11.2. The third-order valence-electron chi connectivity index (χ3n) is 3.77. The minimum absolute atomic E-state index is 0.106. The fourth-order valence-electron chi connectivity index (χ4n) is 2.71. The summed E-state index contributed by atoms with van der Waals surface area (Å²) in [6.45, 7) is 0. The van der Waals surface area contributed by atoms with Crippen molar-refractivity contribution in [2.45, 2.75) is 50.6 Å². The first-order valence-electron chi connectivity index (χ1n) is 7.01. The maximum atomic E-state index is 13.9. The summed E-state index contributed by atoms with van der Waals surface area (Å²) in [4.78, 5) is 11.5. The van der Waals surface area contributed by atoms with Crippen LogP contribution in [0.3, 0.4) is 0 Å². The van der Waals surface area contributed by atoms with E-state index in [1.165, 1.54) is 31.0 Å². The molecule has 1 fully saturated rings. The van der Waals surface area contributed by atoms with E-state index in [4.69, 9.17) is 11.6 Å². The summed E-state index contributed by atoms with van der Waals surface area (Å²) in [5.41, 5.74) is 0.106. The predicted octanol–water partition coefficient (Wildman–Crippen LogP) is 3.92. The molecule has 0 heterocycles. The number of halogens is 2. The molecule has 1 aliphatic rings. The van der Waals surface area contributed by atoms with Crippen molar-refractivity contribution in [3.63, 3.8) is 0 Å². The lowest BCUT2D eigenvalue weighted by Gasteiger charge is -2.22. The van der Waals surface area contributed by atoms with E-state index in [9.17, 15) is 14.3 Å². The fraction of sp³-hybridized carbons (Fsp3) is 0.533. The van der Waals surface area contributed by atoms with Gasteiger partial charge in [0.15, 0.2) is 0 Å². The van der Waals surface area contributed by atoms with Crippen molar-refractivity contribution in [2.75, 3.05) is 0 Å². The molecule has 0 aromatic heterocycles. The topological polar surface area (TPSA) is 49.3 Å². The molecule has 1 saturated carbocycles. The highest BCUT2D eigenvalue weighted by atomic mass is 35.5. The van der Waals surface area contributed by atoms with Crippen molar-refractivity contribution in [3.8, 4) is 0 Å². The van der Waals surface area contributed by atoms with E-state index < -0.39 is 17.8 Å². The van der Waals surface area contributed by atoms with Gasteiger partial charge in [0, 0.05) is 16.6 Å². The van der Waals surface area contributed by atoms with Crippen LogP contribution in [0.2, 0.25) is 5.02 Å². The largest absolute Gasteiger partial charge is 0.480 e. The van der Waals surface area contributed by atoms with Crippen LogP contribution in [0.1, 0.15) is 50.1 Å². The number of benzene rings is 1. The number of carboxylic acids is 1. The van der Waals surface area contributed by atoms with Crippen LogP contribution in [0.15, 0.2) is 18.2 Å². The van der Waals surface area contributed by atoms with Gasteiger partial charge in [0.25, 0.3) is 0 Å². The Balaban J connectivity index is 2.17. The standard InChI is InChI=1S/C15H19ClFNO2/c16-10-7-8-13(17)12(9-10)14(15(19)20)18-11-5-3-1-2-4-6-11/h7-9,11,14,18H,1-6H2,(H,19,20). The van der Waals surface area contributed by atoms with E-state index >= 15 is 0 Å². The monoisotopic (exact) mass is 299 g/mol. The van der Waals surface area contributed by atoms with Gasteiger partial charge in [-0.05, 0) is 31.0 Å². The van der Waals surface area contributed by atoms with Crippen LogP contribution in [-0.4, -0.2) is 17.1 Å². The van der Waals surface area contributed by atoms with Crippen LogP contribution in [0.25, 0.3) is 0 Å². The van der Waals surface area contributed by atoms with Crippen molar-refractivity contribution >= 4 is 17.6 Å². The summed E-state index contributed by atoms with van der Waals surface area (Å²) in [6, 6.07) is 3.10. The Hall–Kier alpha value is -1.13. The minimum atomic E-state index is -1.07. The number of hydrogen-bond donors (Lipinski definition) is 2. The second kappa shape index (κ2) is 7.04. The summed E-state index contributed by atoms with van der Waals surface area (Å²) in [5, 5.41) is 12.8. The molecule has 1 unspecified atom stereocenters. The van der Waals surface area contributed by atoms with Crippen LogP contribution >= 0.6 is 11.6 Å². The Bertz CT molecular complexity index is 473. The predicted molar refractivity (Wildman–Crippen MR) is 76.4 cm³/mol. The lowest BCUT2D eigenvalue weighted by Crippen LogP contribution is -2.37. The van der Waals surface area contributed by atoms with E-state index in [0.29, 0.717) is 5.02 Å². The Kier molecular flexibility index (Phi) is 5.38. The number of carboxylic acid groups (broad SMARTS) is 1. The average molecular weight is 300 g/mol. The van der Waals surface area contributed by atoms with Crippen LogP contribution in [0, 0.1) is 5.82 Å². The lowest BCUT2D eigenvalue weighted by atomic mass is 10.0. The smallest absolute Gasteiger partial charge is 0.325 e. The van der Waals surface area contributed by atoms with Crippen LogP contribution < -0.4 is 5.32 Å². The van der Waals surface area contributed by atoms with Gasteiger partial charge in [0.1, 0.15) is 11.9 Å². The molecule has 0 saturated heterocycles. The molecule has 0 aliphatic heterocycles. The molecular formula is C15H19ClFNO2. The molecule has 2 N–H and O–H groups in total. The molecule has 1 atom stereocenters. The lowest BCUT2D eigenvalue weighted by molar-refractivity contribution is -0.140. The van der Waals surface area contributed by atoms with Gasteiger partial charge >= 0.3 is 5.97 Å². The Morgan fingerprint density at radius 2 is 1.95 bits per heavy atom. The fourth-order valence-corrected chi connectivity index (χ4v) is 2.89. The molecule has 0 spiro atoms. The minimum Gasteiger partial charge on any atom is -0.480 e.